The lowest BCUT2D eigenvalue weighted by Gasteiger charge is -2.21. The molecule has 0 bridgehead atoms. The molecule has 0 unspecified atom stereocenters. The summed E-state index contributed by atoms with van der Waals surface area (Å²) in [5.74, 6) is -2.07. The summed E-state index contributed by atoms with van der Waals surface area (Å²) in [5, 5.41) is 9.04. The number of rotatable bonds is 7. The number of carbonyl (C=O) groups excluding carboxylic acids is 2. The summed E-state index contributed by atoms with van der Waals surface area (Å²) in [6, 6.07) is 4.41. The van der Waals surface area contributed by atoms with Gasteiger partial charge < -0.3 is 15.7 Å². The van der Waals surface area contributed by atoms with Crippen LogP contribution in [0.5, 0.6) is 0 Å². The minimum Gasteiger partial charge on any atom is -0.478 e. The molecule has 0 radical (unpaired) electrons. The number of carboxylic acid groups (broad SMARTS) is 1. The first-order chi connectivity index (χ1) is 9.85. The predicted octanol–water partition coefficient (Wildman–Crippen LogP) is 1.42. The Morgan fingerprint density at radius 2 is 1.81 bits per heavy atom. The highest BCUT2D eigenvalue weighted by atomic mass is 16.4. The molecular formula is C15H20N2O4. The van der Waals surface area contributed by atoms with Crippen LogP contribution in [0.1, 0.15) is 46.0 Å². The maximum absolute atomic E-state index is 12.4. The van der Waals surface area contributed by atoms with E-state index in [4.69, 9.17) is 10.8 Å². The Morgan fingerprint density at radius 3 is 2.33 bits per heavy atom. The van der Waals surface area contributed by atoms with Crippen molar-refractivity contribution in [2.24, 2.45) is 5.73 Å². The second-order valence-electron chi connectivity index (χ2n) is 4.94. The zero-order chi connectivity index (χ0) is 16.0. The molecule has 3 N–H and O–H groups in total. The molecule has 1 aromatic carbocycles. The van der Waals surface area contributed by atoms with Crippen molar-refractivity contribution in [3.8, 4) is 0 Å². The molecule has 0 aliphatic heterocycles. The van der Waals surface area contributed by atoms with Crippen LogP contribution in [-0.2, 0) is 4.79 Å². The normalized spacial score (nSPS) is 10.2. The van der Waals surface area contributed by atoms with Crippen LogP contribution in [0.15, 0.2) is 18.2 Å². The molecule has 0 saturated heterocycles. The van der Waals surface area contributed by atoms with E-state index in [1.54, 1.807) is 13.0 Å². The van der Waals surface area contributed by atoms with Gasteiger partial charge in [0.1, 0.15) is 0 Å². The lowest BCUT2D eigenvalue weighted by molar-refractivity contribution is -0.118. The molecule has 0 heterocycles. The van der Waals surface area contributed by atoms with Crippen molar-refractivity contribution in [1.29, 1.82) is 0 Å². The van der Waals surface area contributed by atoms with Crippen LogP contribution in [-0.4, -0.2) is 40.9 Å². The van der Waals surface area contributed by atoms with Crippen molar-refractivity contribution in [2.75, 3.05) is 13.1 Å². The highest BCUT2D eigenvalue weighted by molar-refractivity contribution is 5.99. The van der Waals surface area contributed by atoms with E-state index in [0.29, 0.717) is 12.1 Å². The second kappa shape index (κ2) is 7.42. The van der Waals surface area contributed by atoms with Crippen LogP contribution < -0.4 is 5.73 Å². The molecule has 0 fully saturated rings. The minimum atomic E-state index is -1.09. The Labute approximate surface area is 123 Å². The van der Waals surface area contributed by atoms with Gasteiger partial charge in [-0.3, -0.25) is 9.59 Å². The van der Waals surface area contributed by atoms with E-state index in [9.17, 15) is 14.4 Å². The fraction of sp³-hybridized carbons (Fsp3) is 0.400. The van der Waals surface area contributed by atoms with E-state index in [1.165, 1.54) is 17.0 Å². The third kappa shape index (κ3) is 4.91. The molecule has 114 valence electrons. The van der Waals surface area contributed by atoms with Gasteiger partial charge in [-0.05, 0) is 37.1 Å². The SMILES string of the molecule is CCCCN(CC(N)=O)C(=O)c1cc(C)cc(C(=O)O)c1. The zero-order valence-corrected chi connectivity index (χ0v) is 12.3. The van der Waals surface area contributed by atoms with Crippen molar-refractivity contribution in [2.45, 2.75) is 26.7 Å². The molecule has 0 spiro atoms. The van der Waals surface area contributed by atoms with Gasteiger partial charge in [0.2, 0.25) is 5.91 Å². The van der Waals surface area contributed by atoms with Crippen molar-refractivity contribution in [1.82, 2.24) is 4.90 Å². The Bertz CT molecular complexity index is 555. The van der Waals surface area contributed by atoms with Crippen LogP contribution in [0.25, 0.3) is 0 Å². The number of unbranched alkanes of at least 4 members (excludes halogenated alkanes) is 1. The van der Waals surface area contributed by atoms with Gasteiger partial charge in [-0.15, -0.1) is 0 Å². The van der Waals surface area contributed by atoms with Gasteiger partial charge in [0.05, 0.1) is 12.1 Å². The number of carbonyl (C=O) groups is 3. The van der Waals surface area contributed by atoms with E-state index in [-0.39, 0.29) is 23.6 Å². The summed E-state index contributed by atoms with van der Waals surface area (Å²) < 4.78 is 0. The first-order valence-electron chi connectivity index (χ1n) is 6.77. The van der Waals surface area contributed by atoms with Crippen molar-refractivity contribution >= 4 is 17.8 Å². The molecule has 2 amide bonds. The largest absolute Gasteiger partial charge is 0.478 e. The average molecular weight is 292 g/mol. The van der Waals surface area contributed by atoms with Gasteiger partial charge in [-0.25, -0.2) is 4.79 Å². The Kier molecular flexibility index (Phi) is 5.90. The number of aromatic carboxylic acids is 1. The average Bonchev–Trinajstić information content (AvgIpc) is 2.41. The molecule has 0 aliphatic rings. The minimum absolute atomic E-state index is 0.0490. The quantitative estimate of drug-likeness (QED) is 0.793. The van der Waals surface area contributed by atoms with Gasteiger partial charge >= 0.3 is 5.97 Å². The maximum Gasteiger partial charge on any atom is 0.335 e. The van der Waals surface area contributed by atoms with Gasteiger partial charge in [0.25, 0.3) is 5.91 Å². The number of primary amides is 1. The molecule has 1 rings (SSSR count). The van der Waals surface area contributed by atoms with Gasteiger partial charge in [-0.1, -0.05) is 13.3 Å². The first kappa shape index (κ1) is 16.7. The Morgan fingerprint density at radius 1 is 1.19 bits per heavy atom. The highest BCUT2D eigenvalue weighted by Gasteiger charge is 2.19. The fourth-order valence-electron chi connectivity index (χ4n) is 2.00. The smallest absolute Gasteiger partial charge is 0.335 e. The number of benzene rings is 1. The van der Waals surface area contributed by atoms with Crippen LogP contribution in [0.2, 0.25) is 0 Å². The number of hydrogen-bond acceptors (Lipinski definition) is 3. The van der Waals surface area contributed by atoms with Crippen molar-refractivity contribution in [3.63, 3.8) is 0 Å². The Hall–Kier alpha value is -2.37. The molecule has 0 saturated carbocycles. The summed E-state index contributed by atoms with van der Waals surface area (Å²) in [7, 11) is 0. The summed E-state index contributed by atoms with van der Waals surface area (Å²) in [6.45, 7) is 3.93. The lowest BCUT2D eigenvalue weighted by atomic mass is 10.1. The number of carboxylic acids is 1. The third-order valence-corrected chi connectivity index (χ3v) is 2.99. The number of amides is 2. The van der Waals surface area contributed by atoms with Crippen LogP contribution in [0, 0.1) is 6.92 Å². The van der Waals surface area contributed by atoms with Crippen molar-refractivity contribution in [3.05, 3.63) is 34.9 Å². The van der Waals surface area contributed by atoms with E-state index < -0.39 is 11.9 Å². The second-order valence-corrected chi connectivity index (χ2v) is 4.94. The molecule has 0 atom stereocenters. The highest BCUT2D eigenvalue weighted by Crippen LogP contribution is 2.13. The lowest BCUT2D eigenvalue weighted by Crippen LogP contribution is -2.39. The monoisotopic (exact) mass is 292 g/mol. The molecular weight excluding hydrogens is 272 g/mol. The van der Waals surface area contributed by atoms with Crippen molar-refractivity contribution < 1.29 is 19.5 Å². The van der Waals surface area contributed by atoms with E-state index in [1.807, 2.05) is 6.92 Å². The Balaban J connectivity index is 3.07. The molecule has 21 heavy (non-hydrogen) atoms. The van der Waals surface area contributed by atoms with E-state index in [2.05, 4.69) is 0 Å². The fourth-order valence-corrected chi connectivity index (χ4v) is 2.00. The van der Waals surface area contributed by atoms with Gasteiger partial charge in [-0.2, -0.15) is 0 Å². The molecule has 0 aromatic heterocycles. The molecule has 6 heteroatoms. The van der Waals surface area contributed by atoms with Crippen LogP contribution in [0.3, 0.4) is 0 Å². The standard InChI is InChI=1S/C15H20N2O4/c1-3-4-5-17(9-13(16)18)14(19)11-6-10(2)7-12(8-11)15(20)21/h6-8H,3-5,9H2,1-2H3,(H2,16,18)(H,20,21). The molecule has 1 aromatic rings. The summed E-state index contributed by atoms with van der Waals surface area (Å²) in [6.07, 6.45) is 1.62. The summed E-state index contributed by atoms with van der Waals surface area (Å²) in [4.78, 5) is 35.9. The third-order valence-electron chi connectivity index (χ3n) is 2.99. The van der Waals surface area contributed by atoms with Gasteiger partial charge in [0, 0.05) is 12.1 Å². The number of hydrogen-bond donors (Lipinski definition) is 2. The maximum atomic E-state index is 12.4. The zero-order valence-electron chi connectivity index (χ0n) is 12.3. The van der Waals surface area contributed by atoms with Gasteiger partial charge in [0.15, 0.2) is 0 Å². The molecule has 0 aliphatic carbocycles. The number of aryl methyl sites for hydroxylation is 1. The summed E-state index contributed by atoms with van der Waals surface area (Å²) in [5.41, 5.74) is 6.14. The number of nitrogens with zero attached hydrogens (tertiary/aromatic N) is 1. The summed E-state index contributed by atoms with van der Waals surface area (Å²) >= 11 is 0. The molecule has 6 nitrogen and oxygen atoms in total. The topological polar surface area (TPSA) is 101 Å². The first-order valence-corrected chi connectivity index (χ1v) is 6.77. The van der Waals surface area contributed by atoms with E-state index >= 15 is 0 Å². The van der Waals surface area contributed by atoms with Crippen LogP contribution in [0.4, 0.5) is 0 Å². The van der Waals surface area contributed by atoms with E-state index in [0.717, 1.165) is 12.8 Å². The predicted molar refractivity (Wildman–Crippen MR) is 78.1 cm³/mol. The number of nitrogens with two attached hydrogens (primary N) is 1. The van der Waals surface area contributed by atoms with Crippen LogP contribution >= 0.6 is 0 Å².